The molecule has 0 aliphatic rings. The van der Waals surface area contributed by atoms with Crippen molar-refractivity contribution in [2.24, 2.45) is 0 Å². The third kappa shape index (κ3) is 4.24. The summed E-state index contributed by atoms with van der Waals surface area (Å²) in [6, 6.07) is 7.08. The summed E-state index contributed by atoms with van der Waals surface area (Å²) in [5, 5.41) is 0.860. The number of ether oxygens (including phenoxy) is 1. The summed E-state index contributed by atoms with van der Waals surface area (Å²) in [5.41, 5.74) is 1.41. The Hall–Kier alpha value is -1.82. The number of aromatic nitrogens is 2. The SMILES string of the molecule is C=C/C=C(\C(=C)Cl)c1nc(C(=O)OCC)c(Br)n1-c1ccc(Cl)cc1. The highest BCUT2D eigenvalue weighted by molar-refractivity contribution is 9.10. The summed E-state index contributed by atoms with van der Waals surface area (Å²) in [6.45, 7) is 9.42. The van der Waals surface area contributed by atoms with Crippen LogP contribution in [0, 0.1) is 0 Å². The topological polar surface area (TPSA) is 44.1 Å². The molecule has 0 aliphatic heterocycles. The lowest BCUT2D eigenvalue weighted by atomic mass is 10.2. The van der Waals surface area contributed by atoms with Gasteiger partial charge in [0.1, 0.15) is 10.4 Å². The zero-order valence-electron chi connectivity index (χ0n) is 13.4. The molecule has 0 fully saturated rings. The number of carbonyl (C=O) groups excluding carboxylic acids is 1. The molecule has 0 atom stereocenters. The summed E-state index contributed by atoms with van der Waals surface area (Å²) < 4.78 is 7.24. The number of hydrogen-bond acceptors (Lipinski definition) is 3. The van der Waals surface area contributed by atoms with Gasteiger partial charge in [-0.1, -0.05) is 48.5 Å². The average Bonchev–Trinajstić information content (AvgIpc) is 2.90. The van der Waals surface area contributed by atoms with Crippen molar-refractivity contribution in [3.8, 4) is 5.69 Å². The maximum Gasteiger partial charge on any atom is 0.359 e. The van der Waals surface area contributed by atoms with Gasteiger partial charge in [-0.2, -0.15) is 0 Å². The Balaban J connectivity index is 2.76. The van der Waals surface area contributed by atoms with Crippen LogP contribution in [0.25, 0.3) is 11.3 Å². The van der Waals surface area contributed by atoms with Gasteiger partial charge in [0.15, 0.2) is 5.69 Å². The van der Waals surface area contributed by atoms with Crippen LogP contribution in [0.3, 0.4) is 0 Å². The van der Waals surface area contributed by atoms with Crippen molar-refractivity contribution in [1.29, 1.82) is 0 Å². The van der Waals surface area contributed by atoms with Crippen molar-refractivity contribution < 1.29 is 9.53 Å². The number of carbonyl (C=O) groups is 1. The second-order valence-electron chi connectivity index (χ2n) is 4.83. The lowest BCUT2D eigenvalue weighted by Gasteiger charge is -2.11. The number of benzene rings is 1. The molecule has 0 bridgehead atoms. The molecular weight excluding hydrogens is 427 g/mol. The number of esters is 1. The molecule has 0 amide bonds. The van der Waals surface area contributed by atoms with Crippen LogP contribution >= 0.6 is 39.1 Å². The lowest BCUT2D eigenvalue weighted by molar-refractivity contribution is 0.0519. The molecule has 2 rings (SSSR count). The molecule has 0 aliphatic carbocycles. The normalized spacial score (nSPS) is 11.3. The largest absolute Gasteiger partial charge is 0.461 e. The van der Waals surface area contributed by atoms with E-state index in [1.165, 1.54) is 0 Å². The monoisotopic (exact) mass is 440 g/mol. The van der Waals surface area contributed by atoms with E-state index in [1.807, 2.05) is 0 Å². The summed E-state index contributed by atoms with van der Waals surface area (Å²) in [4.78, 5) is 16.6. The summed E-state index contributed by atoms with van der Waals surface area (Å²) in [6.07, 6.45) is 3.24. The maximum absolute atomic E-state index is 12.2. The highest BCUT2D eigenvalue weighted by Crippen LogP contribution is 2.32. The molecule has 25 heavy (non-hydrogen) atoms. The van der Waals surface area contributed by atoms with Gasteiger partial charge in [-0.05, 0) is 47.1 Å². The van der Waals surface area contributed by atoms with Crippen molar-refractivity contribution in [2.45, 2.75) is 6.92 Å². The van der Waals surface area contributed by atoms with E-state index in [0.717, 1.165) is 5.69 Å². The molecule has 4 nitrogen and oxygen atoms in total. The smallest absolute Gasteiger partial charge is 0.359 e. The van der Waals surface area contributed by atoms with Crippen molar-refractivity contribution in [1.82, 2.24) is 9.55 Å². The Bertz CT molecular complexity index is 855. The van der Waals surface area contributed by atoms with Crippen molar-refractivity contribution >= 4 is 50.7 Å². The molecule has 1 aromatic carbocycles. The molecule has 0 saturated carbocycles. The fourth-order valence-corrected chi connectivity index (χ4v) is 3.04. The molecule has 0 N–H and O–H groups in total. The summed E-state index contributed by atoms with van der Waals surface area (Å²) in [7, 11) is 0. The van der Waals surface area contributed by atoms with Gasteiger partial charge in [0, 0.05) is 21.3 Å². The van der Waals surface area contributed by atoms with Gasteiger partial charge in [-0.25, -0.2) is 9.78 Å². The fourth-order valence-electron chi connectivity index (χ4n) is 2.14. The van der Waals surface area contributed by atoms with Crippen molar-refractivity contribution in [3.05, 3.63) is 75.8 Å². The van der Waals surface area contributed by atoms with Crippen LogP contribution in [-0.4, -0.2) is 22.1 Å². The molecule has 0 spiro atoms. The number of imidazole rings is 1. The Labute approximate surface area is 164 Å². The maximum atomic E-state index is 12.2. The van der Waals surface area contributed by atoms with Crippen molar-refractivity contribution in [2.75, 3.05) is 6.61 Å². The Morgan fingerprint density at radius 3 is 2.56 bits per heavy atom. The average molecular weight is 442 g/mol. The molecule has 2 aromatic rings. The van der Waals surface area contributed by atoms with E-state index in [9.17, 15) is 4.79 Å². The van der Waals surface area contributed by atoms with Gasteiger partial charge in [-0.15, -0.1) is 0 Å². The van der Waals surface area contributed by atoms with Gasteiger partial charge in [-0.3, -0.25) is 4.57 Å². The molecule has 0 saturated heterocycles. The van der Waals surface area contributed by atoms with E-state index in [1.54, 1.807) is 47.9 Å². The minimum absolute atomic E-state index is 0.139. The van der Waals surface area contributed by atoms with E-state index in [0.29, 0.717) is 21.0 Å². The van der Waals surface area contributed by atoms with Gasteiger partial charge in [0.2, 0.25) is 0 Å². The number of allylic oxidation sites excluding steroid dienone is 4. The zero-order valence-corrected chi connectivity index (χ0v) is 16.5. The summed E-state index contributed by atoms with van der Waals surface area (Å²) >= 11 is 15.5. The molecule has 0 unspecified atom stereocenters. The van der Waals surface area contributed by atoms with E-state index in [4.69, 9.17) is 27.9 Å². The molecule has 1 aromatic heterocycles. The van der Waals surface area contributed by atoms with E-state index < -0.39 is 5.97 Å². The van der Waals surface area contributed by atoms with E-state index in [-0.39, 0.29) is 17.3 Å². The zero-order chi connectivity index (χ0) is 18.6. The third-order valence-corrected chi connectivity index (χ3v) is 4.38. The molecular formula is C18H15BrCl2N2O2. The lowest BCUT2D eigenvalue weighted by Crippen LogP contribution is -2.06. The van der Waals surface area contributed by atoms with Crippen LogP contribution in [0.2, 0.25) is 5.02 Å². The number of rotatable bonds is 6. The van der Waals surface area contributed by atoms with E-state index in [2.05, 4.69) is 34.1 Å². The van der Waals surface area contributed by atoms with Crippen LogP contribution in [0.1, 0.15) is 23.2 Å². The number of nitrogens with zero attached hydrogens (tertiary/aromatic N) is 2. The minimum atomic E-state index is -0.540. The Kier molecular flexibility index (Phi) is 6.64. The first-order chi connectivity index (χ1) is 11.9. The highest BCUT2D eigenvalue weighted by atomic mass is 79.9. The predicted octanol–water partition coefficient (Wildman–Crippen LogP) is 5.79. The van der Waals surface area contributed by atoms with Crippen LogP contribution in [-0.2, 0) is 4.74 Å². The molecule has 130 valence electrons. The van der Waals surface area contributed by atoms with Gasteiger partial charge in [0.25, 0.3) is 0 Å². The van der Waals surface area contributed by atoms with Gasteiger partial charge in [0.05, 0.1) is 6.61 Å². The van der Waals surface area contributed by atoms with Gasteiger partial charge >= 0.3 is 5.97 Å². The predicted molar refractivity (Wildman–Crippen MR) is 105 cm³/mol. The number of halogens is 3. The molecule has 1 heterocycles. The Morgan fingerprint density at radius 1 is 1.40 bits per heavy atom. The fraction of sp³-hybridized carbons (Fsp3) is 0.111. The number of hydrogen-bond donors (Lipinski definition) is 0. The highest BCUT2D eigenvalue weighted by Gasteiger charge is 2.25. The van der Waals surface area contributed by atoms with Gasteiger partial charge < -0.3 is 4.74 Å². The van der Waals surface area contributed by atoms with E-state index >= 15 is 0 Å². The minimum Gasteiger partial charge on any atom is -0.461 e. The second-order valence-corrected chi connectivity index (χ2v) is 6.47. The third-order valence-electron chi connectivity index (χ3n) is 3.19. The standard InChI is InChI=1S/C18H15BrCl2N2O2/c1-4-6-14(11(3)20)17-22-15(18(24)25-5-2)16(19)23(17)13-9-7-12(21)8-10-13/h4,6-10H,1,3,5H2,2H3/b14-6+. The Morgan fingerprint density at radius 2 is 2.04 bits per heavy atom. The first-order valence-electron chi connectivity index (χ1n) is 7.29. The van der Waals surface area contributed by atoms with Crippen molar-refractivity contribution in [3.63, 3.8) is 0 Å². The van der Waals surface area contributed by atoms with Crippen LogP contribution in [0.5, 0.6) is 0 Å². The summed E-state index contributed by atoms with van der Waals surface area (Å²) in [5.74, 6) is -0.112. The first-order valence-corrected chi connectivity index (χ1v) is 8.84. The molecule has 0 radical (unpaired) electrons. The quantitative estimate of drug-likeness (QED) is 0.421. The first kappa shape index (κ1) is 19.5. The van der Waals surface area contributed by atoms with Crippen LogP contribution in [0.4, 0.5) is 0 Å². The second kappa shape index (κ2) is 8.52. The molecule has 7 heteroatoms. The van der Waals surface area contributed by atoms with Crippen LogP contribution in [0.15, 0.2) is 59.2 Å². The van der Waals surface area contributed by atoms with Crippen LogP contribution < -0.4 is 0 Å².